The summed E-state index contributed by atoms with van der Waals surface area (Å²) >= 11 is 0. The number of halogens is 3. The zero-order chi connectivity index (χ0) is 23.9. The number of hydrogen-bond acceptors (Lipinski definition) is 1. The lowest BCUT2D eigenvalue weighted by molar-refractivity contribution is -0.167. The van der Waals surface area contributed by atoms with Gasteiger partial charge >= 0.3 is 12.1 Å². The number of anilines is 1. The quantitative estimate of drug-likeness (QED) is 0.307. The molecule has 6 heteroatoms. The van der Waals surface area contributed by atoms with E-state index in [1.54, 1.807) is 12.1 Å². The predicted molar refractivity (Wildman–Crippen MR) is 130 cm³/mol. The summed E-state index contributed by atoms with van der Waals surface area (Å²) < 4.78 is 39.7. The van der Waals surface area contributed by atoms with E-state index in [0.717, 1.165) is 34.0 Å². The molecule has 5 rings (SSSR count). The Hall–Kier alpha value is -4.06. The van der Waals surface area contributed by atoms with Crippen molar-refractivity contribution in [1.82, 2.24) is 4.57 Å². The van der Waals surface area contributed by atoms with Crippen LogP contribution in [0.15, 0.2) is 91.1 Å². The van der Waals surface area contributed by atoms with Crippen LogP contribution in [0.1, 0.15) is 11.1 Å². The van der Waals surface area contributed by atoms with Crippen molar-refractivity contribution in [1.29, 1.82) is 0 Å². The van der Waals surface area contributed by atoms with Crippen molar-refractivity contribution < 1.29 is 18.0 Å². The summed E-state index contributed by atoms with van der Waals surface area (Å²) in [6, 6.07) is 27.2. The molecule has 34 heavy (non-hydrogen) atoms. The van der Waals surface area contributed by atoms with Crippen molar-refractivity contribution in [3.63, 3.8) is 0 Å². The highest BCUT2D eigenvalue weighted by atomic mass is 19.4. The van der Waals surface area contributed by atoms with Crippen molar-refractivity contribution in [3.05, 3.63) is 102 Å². The number of hydrogen-bond donors (Lipinski definition) is 1. The lowest BCUT2D eigenvalue weighted by atomic mass is 9.95. The van der Waals surface area contributed by atoms with E-state index in [-0.39, 0.29) is 5.69 Å². The first-order valence-electron chi connectivity index (χ1n) is 10.8. The molecule has 3 nitrogen and oxygen atoms in total. The second-order valence-electron chi connectivity index (χ2n) is 8.35. The Labute approximate surface area is 194 Å². The van der Waals surface area contributed by atoms with E-state index in [1.165, 1.54) is 28.5 Å². The zero-order valence-electron chi connectivity index (χ0n) is 18.4. The summed E-state index contributed by atoms with van der Waals surface area (Å²) in [5.74, 6) is -1.98. The Balaban J connectivity index is 1.52. The molecule has 0 unspecified atom stereocenters. The van der Waals surface area contributed by atoms with Crippen LogP contribution in [-0.2, 0) is 18.3 Å². The number of fused-ring (bicyclic) bond motifs is 2. The minimum Gasteiger partial charge on any atom is -0.350 e. The summed E-state index contributed by atoms with van der Waals surface area (Å²) in [6.45, 7) is 0. The summed E-state index contributed by atoms with van der Waals surface area (Å²) in [5, 5.41) is 5.38. The molecule has 0 atom stereocenters. The second-order valence-corrected chi connectivity index (χ2v) is 8.35. The lowest BCUT2D eigenvalue weighted by Gasteiger charge is -2.10. The van der Waals surface area contributed by atoms with Crippen LogP contribution in [0.25, 0.3) is 32.8 Å². The van der Waals surface area contributed by atoms with Gasteiger partial charge in [-0.3, -0.25) is 4.79 Å². The molecule has 0 bridgehead atoms. The van der Waals surface area contributed by atoms with Gasteiger partial charge < -0.3 is 9.88 Å². The first kappa shape index (κ1) is 21.8. The molecule has 1 amide bonds. The fraction of sp³-hybridized carbons (Fsp3) is 0.107. The van der Waals surface area contributed by atoms with Crippen molar-refractivity contribution in [2.45, 2.75) is 12.6 Å². The van der Waals surface area contributed by atoms with Crippen LogP contribution < -0.4 is 5.32 Å². The van der Waals surface area contributed by atoms with Gasteiger partial charge in [-0.2, -0.15) is 13.2 Å². The average molecular weight is 458 g/mol. The summed E-state index contributed by atoms with van der Waals surface area (Å²) in [6.07, 6.45) is -2.05. The summed E-state index contributed by atoms with van der Waals surface area (Å²) in [7, 11) is 2.01. The third-order valence-corrected chi connectivity index (χ3v) is 6.01. The largest absolute Gasteiger partial charge is 0.471 e. The molecule has 4 aromatic carbocycles. The van der Waals surface area contributed by atoms with Gasteiger partial charge in [0.1, 0.15) is 0 Å². The third kappa shape index (κ3) is 4.15. The number of carbonyl (C=O) groups is 1. The van der Waals surface area contributed by atoms with Gasteiger partial charge in [0.25, 0.3) is 0 Å². The molecule has 0 saturated heterocycles. The van der Waals surface area contributed by atoms with Crippen molar-refractivity contribution >= 4 is 33.3 Å². The van der Waals surface area contributed by atoms with Crippen molar-refractivity contribution in [2.24, 2.45) is 7.05 Å². The molecule has 170 valence electrons. The molecule has 0 saturated carbocycles. The van der Waals surface area contributed by atoms with Gasteiger partial charge in [-0.15, -0.1) is 0 Å². The van der Waals surface area contributed by atoms with Crippen LogP contribution in [0.3, 0.4) is 0 Å². The van der Waals surface area contributed by atoms with Crippen LogP contribution in [-0.4, -0.2) is 16.7 Å². The first-order valence-corrected chi connectivity index (χ1v) is 10.8. The smallest absolute Gasteiger partial charge is 0.350 e. The SMILES string of the molecule is Cn1cc(Cc2ccc3ccccc3c2)c2c(-c3ccc(NC(=O)C(F)(F)F)cc3)cccc21. The fourth-order valence-corrected chi connectivity index (χ4v) is 4.42. The number of carbonyl (C=O) groups excluding carboxylic acids is 1. The highest BCUT2D eigenvalue weighted by Gasteiger charge is 2.38. The average Bonchev–Trinajstić information content (AvgIpc) is 3.14. The van der Waals surface area contributed by atoms with E-state index < -0.39 is 12.1 Å². The van der Waals surface area contributed by atoms with Crippen LogP contribution in [0.2, 0.25) is 0 Å². The van der Waals surface area contributed by atoms with E-state index in [4.69, 9.17) is 0 Å². The normalized spacial score (nSPS) is 11.8. The number of benzene rings is 4. The van der Waals surface area contributed by atoms with Gasteiger partial charge in [0.2, 0.25) is 0 Å². The Morgan fingerprint density at radius 1 is 0.882 bits per heavy atom. The Kier molecular flexibility index (Phi) is 5.36. The topological polar surface area (TPSA) is 34.0 Å². The van der Waals surface area contributed by atoms with E-state index in [1.807, 2.05) is 36.6 Å². The number of nitrogens with zero attached hydrogens (tertiary/aromatic N) is 1. The minimum atomic E-state index is -4.92. The first-order chi connectivity index (χ1) is 16.3. The summed E-state index contributed by atoms with van der Waals surface area (Å²) in [4.78, 5) is 11.2. The third-order valence-electron chi connectivity index (χ3n) is 6.01. The van der Waals surface area contributed by atoms with Gasteiger partial charge in [0.15, 0.2) is 0 Å². The van der Waals surface area contributed by atoms with Crippen LogP contribution >= 0.6 is 0 Å². The highest BCUT2D eigenvalue weighted by Crippen LogP contribution is 2.34. The molecule has 0 spiro atoms. The molecule has 1 heterocycles. The van der Waals surface area contributed by atoms with Crippen molar-refractivity contribution in [2.75, 3.05) is 5.32 Å². The molecule has 5 aromatic rings. The van der Waals surface area contributed by atoms with Gasteiger partial charge in [-0.05, 0) is 57.6 Å². The second kappa shape index (κ2) is 8.37. The lowest BCUT2D eigenvalue weighted by Crippen LogP contribution is -2.29. The number of aryl methyl sites for hydroxylation is 1. The molecule has 1 aromatic heterocycles. The minimum absolute atomic E-state index is 0.0997. The zero-order valence-corrected chi connectivity index (χ0v) is 18.4. The van der Waals surface area contributed by atoms with E-state index in [0.29, 0.717) is 0 Å². The molecule has 0 fully saturated rings. The van der Waals surface area contributed by atoms with Crippen LogP contribution in [0, 0.1) is 0 Å². The predicted octanol–water partition coefficient (Wildman–Crippen LogP) is 7.09. The van der Waals surface area contributed by atoms with Gasteiger partial charge in [-0.1, -0.05) is 66.7 Å². The molecule has 0 aliphatic heterocycles. The van der Waals surface area contributed by atoms with E-state index in [2.05, 4.69) is 47.2 Å². The van der Waals surface area contributed by atoms with Gasteiger partial charge in [0, 0.05) is 29.8 Å². The maximum absolute atomic E-state index is 12.6. The number of alkyl halides is 3. The van der Waals surface area contributed by atoms with Crippen molar-refractivity contribution in [3.8, 4) is 11.1 Å². The number of amides is 1. The van der Waals surface area contributed by atoms with Gasteiger partial charge in [-0.25, -0.2) is 0 Å². The molecule has 0 aliphatic rings. The number of rotatable bonds is 4. The standard InChI is InChI=1S/C28H21F3N2O/c1-33-17-22(16-18-9-10-19-5-2-3-6-21(19)15-18)26-24(7-4-8-25(26)33)20-11-13-23(14-12-20)32-27(34)28(29,30)31/h2-15,17H,16H2,1H3,(H,32,34). The Morgan fingerprint density at radius 2 is 1.62 bits per heavy atom. The maximum atomic E-state index is 12.6. The van der Waals surface area contributed by atoms with E-state index >= 15 is 0 Å². The Bertz CT molecular complexity index is 1520. The number of nitrogens with one attached hydrogen (secondary N) is 1. The summed E-state index contributed by atoms with van der Waals surface area (Å²) in [5.41, 5.74) is 5.39. The Morgan fingerprint density at radius 3 is 2.35 bits per heavy atom. The highest BCUT2D eigenvalue weighted by molar-refractivity contribution is 5.99. The van der Waals surface area contributed by atoms with Crippen LogP contribution in [0.5, 0.6) is 0 Å². The maximum Gasteiger partial charge on any atom is 0.471 e. The molecule has 0 radical (unpaired) electrons. The molecule has 0 aliphatic carbocycles. The molecule has 1 N–H and O–H groups in total. The van der Waals surface area contributed by atoms with E-state index in [9.17, 15) is 18.0 Å². The number of aromatic nitrogens is 1. The molecular formula is C28H21F3N2O. The van der Waals surface area contributed by atoms with Gasteiger partial charge in [0.05, 0.1) is 0 Å². The monoisotopic (exact) mass is 458 g/mol. The molecular weight excluding hydrogens is 437 g/mol. The van der Waals surface area contributed by atoms with Crippen LogP contribution in [0.4, 0.5) is 18.9 Å². The fourth-order valence-electron chi connectivity index (χ4n) is 4.42.